The minimum Gasteiger partial charge on any atom is -0.320 e. The molecule has 2 heteroatoms. The van der Waals surface area contributed by atoms with Gasteiger partial charge in [0.25, 0.3) is 0 Å². The van der Waals surface area contributed by atoms with E-state index in [1.165, 1.54) is 22.3 Å². The van der Waals surface area contributed by atoms with Gasteiger partial charge in [-0.1, -0.05) is 59.4 Å². The second-order valence-corrected chi connectivity index (χ2v) is 6.14. The van der Waals surface area contributed by atoms with Crippen molar-refractivity contribution in [3.8, 4) is 11.8 Å². The molecule has 0 radical (unpaired) electrons. The number of hydrogen-bond donors (Lipinski definition) is 1. The average Bonchev–Trinajstić information content (AvgIpc) is 2.45. The van der Waals surface area contributed by atoms with Crippen molar-refractivity contribution in [2.24, 2.45) is 5.73 Å². The maximum atomic E-state index is 5.45. The van der Waals surface area contributed by atoms with Crippen LogP contribution in [0.2, 0.25) is 0 Å². The fraction of sp³-hybridized carbons (Fsp3) is 0.263. The van der Waals surface area contributed by atoms with E-state index in [1.54, 1.807) is 0 Å². The fourth-order valence-corrected chi connectivity index (χ4v) is 3.32. The maximum Gasteiger partial charge on any atom is 0.0555 e. The van der Waals surface area contributed by atoms with Gasteiger partial charge in [0.15, 0.2) is 0 Å². The van der Waals surface area contributed by atoms with E-state index < -0.39 is 0 Å². The Bertz CT molecular complexity index is 645. The predicted molar refractivity (Wildman–Crippen MR) is 93.3 cm³/mol. The first-order valence-electron chi connectivity index (χ1n) is 7.11. The van der Waals surface area contributed by atoms with Crippen LogP contribution in [0.15, 0.2) is 42.5 Å². The highest BCUT2D eigenvalue weighted by Gasteiger charge is 2.01. The number of rotatable bonds is 4. The molecule has 0 aliphatic carbocycles. The number of nitrogens with two attached hydrogens (primary N) is 1. The fourth-order valence-electron chi connectivity index (χ4n) is 2.35. The summed E-state index contributed by atoms with van der Waals surface area (Å²) >= 11 is 1.93. The molecule has 2 aromatic rings. The van der Waals surface area contributed by atoms with Gasteiger partial charge in [0.1, 0.15) is 0 Å². The predicted octanol–water partition coefficient (Wildman–Crippen LogP) is 4.05. The Morgan fingerprint density at radius 2 is 1.71 bits per heavy atom. The van der Waals surface area contributed by atoms with Crippen LogP contribution in [-0.2, 0) is 11.5 Å². The van der Waals surface area contributed by atoms with Crippen molar-refractivity contribution >= 4 is 11.8 Å². The average molecular weight is 295 g/mol. The number of benzene rings is 2. The molecular formula is C19H21NS. The number of aryl methyl sites for hydroxylation is 2. The molecule has 0 aromatic heterocycles. The zero-order valence-corrected chi connectivity index (χ0v) is 13.5. The molecule has 0 aliphatic heterocycles. The molecule has 2 rings (SSSR count). The van der Waals surface area contributed by atoms with E-state index in [1.807, 2.05) is 17.8 Å². The minimum atomic E-state index is 0.407. The summed E-state index contributed by atoms with van der Waals surface area (Å²) in [5, 5.41) is 0. The van der Waals surface area contributed by atoms with Gasteiger partial charge in [0, 0.05) is 17.1 Å². The van der Waals surface area contributed by atoms with Crippen LogP contribution in [0, 0.1) is 25.7 Å². The molecule has 0 heterocycles. The Balaban J connectivity index is 2.00. The number of hydrogen-bond acceptors (Lipinski definition) is 2. The Labute approximate surface area is 132 Å². The maximum absolute atomic E-state index is 5.45. The van der Waals surface area contributed by atoms with Gasteiger partial charge in [-0.15, -0.1) is 0 Å². The lowest BCUT2D eigenvalue weighted by Crippen LogP contribution is -1.94. The summed E-state index contributed by atoms with van der Waals surface area (Å²) in [4.78, 5) is 0. The van der Waals surface area contributed by atoms with Crippen molar-refractivity contribution in [2.75, 3.05) is 6.54 Å². The third-order valence-corrected chi connectivity index (χ3v) is 4.20. The Morgan fingerprint density at radius 1 is 1.00 bits per heavy atom. The molecular weight excluding hydrogens is 274 g/mol. The van der Waals surface area contributed by atoms with E-state index in [-0.39, 0.29) is 0 Å². The molecule has 1 nitrogen and oxygen atoms in total. The van der Waals surface area contributed by atoms with Gasteiger partial charge in [0.2, 0.25) is 0 Å². The lowest BCUT2D eigenvalue weighted by molar-refractivity contribution is 1.29. The van der Waals surface area contributed by atoms with Crippen LogP contribution in [-0.4, -0.2) is 6.54 Å². The summed E-state index contributed by atoms with van der Waals surface area (Å²) < 4.78 is 0. The molecule has 108 valence electrons. The summed E-state index contributed by atoms with van der Waals surface area (Å²) in [6.07, 6.45) is 0. The van der Waals surface area contributed by atoms with Crippen LogP contribution >= 0.6 is 11.8 Å². The van der Waals surface area contributed by atoms with E-state index in [0.29, 0.717) is 6.54 Å². The molecule has 0 amide bonds. The van der Waals surface area contributed by atoms with Crippen molar-refractivity contribution in [3.63, 3.8) is 0 Å². The molecule has 0 saturated heterocycles. The van der Waals surface area contributed by atoms with Crippen LogP contribution in [0.4, 0.5) is 0 Å². The first-order valence-corrected chi connectivity index (χ1v) is 8.26. The minimum absolute atomic E-state index is 0.407. The van der Waals surface area contributed by atoms with Gasteiger partial charge >= 0.3 is 0 Å². The monoisotopic (exact) mass is 295 g/mol. The summed E-state index contributed by atoms with van der Waals surface area (Å²) in [6, 6.07) is 15.1. The van der Waals surface area contributed by atoms with Crippen molar-refractivity contribution in [2.45, 2.75) is 25.4 Å². The lowest BCUT2D eigenvalue weighted by atomic mass is 10.1. The summed E-state index contributed by atoms with van der Waals surface area (Å²) in [6.45, 7) is 4.71. The summed E-state index contributed by atoms with van der Waals surface area (Å²) in [7, 11) is 0. The van der Waals surface area contributed by atoms with Crippen LogP contribution in [0.5, 0.6) is 0 Å². The van der Waals surface area contributed by atoms with Gasteiger partial charge in [-0.2, -0.15) is 11.8 Å². The van der Waals surface area contributed by atoms with E-state index in [0.717, 1.165) is 17.1 Å². The third-order valence-electron chi connectivity index (χ3n) is 3.15. The van der Waals surface area contributed by atoms with Crippen LogP contribution in [0.3, 0.4) is 0 Å². The van der Waals surface area contributed by atoms with Gasteiger partial charge in [0.05, 0.1) is 6.54 Å². The summed E-state index contributed by atoms with van der Waals surface area (Å²) in [5.41, 5.74) is 11.9. The number of thioether (sulfide) groups is 1. The highest BCUT2D eigenvalue weighted by atomic mass is 32.2. The van der Waals surface area contributed by atoms with Crippen LogP contribution in [0.25, 0.3) is 0 Å². The molecule has 2 N–H and O–H groups in total. The van der Waals surface area contributed by atoms with E-state index >= 15 is 0 Å². The van der Waals surface area contributed by atoms with E-state index in [4.69, 9.17) is 5.73 Å². The molecule has 2 aromatic carbocycles. The molecule has 0 spiro atoms. The Hall–Kier alpha value is -1.69. The molecule has 0 fully saturated rings. The lowest BCUT2D eigenvalue weighted by Gasteiger charge is -2.07. The zero-order chi connectivity index (χ0) is 15.1. The van der Waals surface area contributed by atoms with Crippen molar-refractivity contribution in [1.82, 2.24) is 0 Å². The smallest absolute Gasteiger partial charge is 0.0555 e. The highest BCUT2D eigenvalue weighted by molar-refractivity contribution is 7.97. The zero-order valence-electron chi connectivity index (χ0n) is 12.6. The molecule has 0 unspecified atom stereocenters. The second kappa shape index (κ2) is 7.93. The molecule has 0 atom stereocenters. The SMILES string of the molecule is Cc1cc(C)cc(CSCc2ccccc2C#CCN)c1. The topological polar surface area (TPSA) is 26.0 Å². The van der Waals surface area contributed by atoms with Gasteiger partial charge in [-0.3, -0.25) is 0 Å². The van der Waals surface area contributed by atoms with Gasteiger partial charge in [-0.05, 0) is 31.0 Å². The molecule has 0 bridgehead atoms. The third kappa shape index (κ3) is 4.97. The van der Waals surface area contributed by atoms with E-state index in [9.17, 15) is 0 Å². The van der Waals surface area contributed by atoms with Crippen LogP contribution in [0.1, 0.15) is 27.8 Å². The van der Waals surface area contributed by atoms with Crippen molar-refractivity contribution < 1.29 is 0 Å². The molecule has 0 aliphatic rings. The van der Waals surface area contributed by atoms with Crippen molar-refractivity contribution in [3.05, 3.63) is 70.3 Å². The quantitative estimate of drug-likeness (QED) is 0.861. The van der Waals surface area contributed by atoms with E-state index in [2.05, 4.69) is 62.1 Å². The first kappa shape index (κ1) is 15.7. The summed E-state index contributed by atoms with van der Waals surface area (Å²) in [5.74, 6) is 8.09. The molecule has 0 saturated carbocycles. The second-order valence-electron chi connectivity index (χ2n) is 5.15. The highest BCUT2D eigenvalue weighted by Crippen LogP contribution is 2.21. The van der Waals surface area contributed by atoms with Crippen LogP contribution < -0.4 is 5.73 Å². The first-order chi connectivity index (χ1) is 10.2. The Morgan fingerprint density at radius 3 is 2.43 bits per heavy atom. The van der Waals surface area contributed by atoms with Crippen molar-refractivity contribution in [1.29, 1.82) is 0 Å². The largest absolute Gasteiger partial charge is 0.320 e. The van der Waals surface area contributed by atoms with Gasteiger partial charge < -0.3 is 5.73 Å². The standard InChI is InChI=1S/C19H21NS/c1-15-10-16(2)12-17(11-15)13-21-14-19-7-4-3-6-18(19)8-5-9-20/h3-4,6-7,10-12H,9,13-14,20H2,1-2H3. The van der Waals surface area contributed by atoms with Gasteiger partial charge in [-0.25, -0.2) is 0 Å². The molecule has 21 heavy (non-hydrogen) atoms. The normalized spacial score (nSPS) is 10.0. The Kier molecular flexibility index (Phi) is 5.92.